The highest BCUT2D eigenvalue weighted by atomic mass is 15.2. The Morgan fingerprint density at radius 3 is 2.68 bits per heavy atom. The van der Waals surface area contributed by atoms with Gasteiger partial charge in [0.2, 0.25) is 0 Å². The third-order valence-corrected chi connectivity index (χ3v) is 4.07. The first-order valence-corrected chi connectivity index (χ1v) is 6.97. The lowest BCUT2D eigenvalue weighted by molar-refractivity contribution is 0.0797. The number of likely N-dealkylation sites (tertiary alicyclic amines) is 1. The fourth-order valence-electron chi connectivity index (χ4n) is 2.82. The highest BCUT2D eigenvalue weighted by Crippen LogP contribution is 2.21. The van der Waals surface area contributed by atoms with Gasteiger partial charge in [-0.1, -0.05) is 24.3 Å². The first kappa shape index (κ1) is 12.4. The maximum atomic E-state index is 4.28. The van der Waals surface area contributed by atoms with E-state index in [1.54, 1.807) is 0 Å². The molecule has 0 saturated carbocycles. The molecule has 2 aromatic rings. The smallest absolute Gasteiger partial charge is 0.105 e. The Morgan fingerprint density at radius 1 is 1.21 bits per heavy atom. The van der Waals surface area contributed by atoms with Gasteiger partial charge < -0.3 is 4.57 Å². The Bertz CT molecular complexity index is 553. The molecule has 3 rings (SSSR count). The molecule has 1 aromatic heterocycles. The van der Waals surface area contributed by atoms with E-state index in [9.17, 15) is 0 Å². The molecule has 2 heterocycles. The van der Waals surface area contributed by atoms with Crippen LogP contribution in [-0.2, 0) is 13.1 Å². The summed E-state index contributed by atoms with van der Waals surface area (Å²) in [6, 6.07) is 8.68. The van der Waals surface area contributed by atoms with E-state index in [1.807, 2.05) is 6.20 Å². The monoisotopic (exact) mass is 255 g/mol. The first-order valence-electron chi connectivity index (χ1n) is 6.97. The second-order valence-corrected chi connectivity index (χ2v) is 5.61. The predicted molar refractivity (Wildman–Crippen MR) is 76.9 cm³/mol. The summed E-state index contributed by atoms with van der Waals surface area (Å²) in [5.74, 6) is 1.90. The number of aromatic nitrogens is 2. The van der Waals surface area contributed by atoms with Crippen molar-refractivity contribution in [2.24, 2.45) is 5.92 Å². The maximum absolute atomic E-state index is 4.28. The van der Waals surface area contributed by atoms with Gasteiger partial charge in [-0.15, -0.1) is 0 Å². The second-order valence-electron chi connectivity index (χ2n) is 5.61. The van der Waals surface area contributed by atoms with Crippen molar-refractivity contribution in [3.63, 3.8) is 0 Å². The van der Waals surface area contributed by atoms with Crippen LogP contribution < -0.4 is 0 Å². The highest BCUT2D eigenvalue weighted by Gasteiger charge is 2.27. The van der Waals surface area contributed by atoms with Crippen LogP contribution in [0.4, 0.5) is 0 Å². The van der Waals surface area contributed by atoms with Gasteiger partial charge in [-0.05, 0) is 25.0 Å². The zero-order chi connectivity index (χ0) is 13.2. The van der Waals surface area contributed by atoms with Crippen molar-refractivity contribution in [3.8, 4) is 0 Å². The molecule has 0 bridgehead atoms. The van der Waals surface area contributed by atoms with Crippen molar-refractivity contribution in [3.05, 3.63) is 53.6 Å². The average molecular weight is 255 g/mol. The zero-order valence-electron chi connectivity index (χ0n) is 11.7. The van der Waals surface area contributed by atoms with Gasteiger partial charge in [-0.2, -0.15) is 0 Å². The summed E-state index contributed by atoms with van der Waals surface area (Å²) in [5.41, 5.74) is 2.86. The van der Waals surface area contributed by atoms with Gasteiger partial charge in [0.05, 0.1) is 0 Å². The van der Waals surface area contributed by atoms with Crippen LogP contribution in [0.25, 0.3) is 0 Å². The summed E-state index contributed by atoms with van der Waals surface area (Å²) in [4.78, 5) is 6.80. The van der Waals surface area contributed by atoms with E-state index in [2.05, 4.69) is 58.8 Å². The van der Waals surface area contributed by atoms with Crippen molar-refractivity contribution in [2.45, 2.75) is 26.9 Å². The summed E-state index contributed by atoms with van der Waals surface area (Å²) in [6.07, 6.45) is 3.97. The standard InChI is InChI=1S/C16H21N3/c1-13-5-3-4-6-16(13)12-18-9-15(10-18)11-19-8-7-17-14(19)2/h3-8,15H,9-12H2,1-2H3. The maximum Gasteiger partial charge on any atom is 0.105 e. The molecule has 1 saturated heterocycles. The number of imidazole rings is 1. The Kier molecular flexibility index (Phi) is 3.38. The Balaban J connectivity index is 1.51. The number of rotatable bonds is 4. The van der Waals surface area contributed by atoms with Crippen molar-refractivity contribution < 1.29 is 0 Å². The van der Waals surface area contributed by atoms with Crippen molar-refractivity contribution in [1.29, 1.82) is 0 Å². The van der Waals surface area contributed by atoms with Crippen LogP contribution >= 0.6 is 0 Å². The van der Waals surface area contributed by atoms with Gasteiger partial charge in [0, 0.05) is 44.5 Å². The summed E-state index contributed by atoms with van der Waals surface area (Å²) >= 11 is 0. The van der Waals surface area contributed by atoms with E-state index in [4.69, 9.17) is 0 Å². The molecular formula is C16H21N3. The minimum atomic E-state index is 0.775. The molecule has 1 aliphatic heterocycles. The Morgan fingerprint density at radius 2 is 2.00 bits per heavy atom. The number of aryl methyl sites for hydroxylation is 2. The molecule has 0 radical (unpaired) electrons. The molecule has 0 unspecified atom stereocenters. The summed E-state index contributed by atoms with van der Waals surface area (Å²) in [7, 11) is 0. The lowest BCUT2D eigenvalue weighted by Crippen LogP contribution is -2.47. The van der Waals surface area contributed by atoms with Crippen LogP contribution in [-0.4, -0.2) is 27.5 Å². The molecule has 19 heavy (non-hydrogen) atoms. The summed E-state index contributed by atoms with van der Waals surface area (Å²) in [5, 5.41) is 0. The molecular weight excluding hydrogens is 234 g/mol. The van der Waals surface area contributed by atoms with Crippen molar-refractivity contribution in [2.75, 3.05) is 13.1 Å². The molecule has 100 valence electrons. The second kappa shape index (κ2) is 5.17. The van der Waals surface area contributed by atoms with Crippen LogP contribution in [0.15, 0.2) is 36.7 Å². The van der Waals surface area contributed by atoms with Crippen LogP contribution in [0.2, 0.25) is 0 Å². The van der Waals surface area contributed by atoms with Crippen LogP contribution in [0.5, 0.6) is 0 Å². The van der Waals surface area contributed by atoms with E-state index in [0.29, 0.717) is 0 Å². The van der Waals surface area contributed by atoms with Gasteiger partial charge in [0.15, 0.2) is 0 Å². The van der Waals surface area contributed by atoms with E-state index in [1.165, 1.54) is 24.2 Å². The van der Waals surface area contributed by atoms with Crippen molar-refractivity contribution in [1.82, 2.24) is 14.5 Å². The molecule has 0 atom stereocenters. The third kappa shape index (κ3) is 2.71. The van der Waals surface area contributed by atoms with E-state index >= 15 is 0 Å². The fraction of sp³-hybridized carbons (Fsp3) is 0.438. The minimum absolute atomic E-state index is 0.775. The lowest BCUT2D eigenvalue weighted by Gasteiger charge is -2.40. The molecule has 1 aromatic carbocycles. The van der Waals surface area contributed by atoms with E-state index in [-0.39, 0.29) is 0 Å². The van der Waals surface area contributed by atoms with E-state index < -0.39 is 0 Å². The molecule has 0 aliphatic carbocycles. The number of nitrogens with zero attached hydrogens (tertiary/aromatic N) is 3. The molecule has 3 heteroatoms. The molecule has 0 N–H and O–H groups in total. The normalized spacial score (nSPS) is 16.5. The van der Waals surface area contributed by atoms with Crippen LogP contribution in [0.3, 0.4) is 0 Å². The van der Waals surface area contributed by atoms with Gasteiger partial charge in [-0.3, -0.25) is 4.90 Å². The molecule has 3 nitrogen and oxygen atoms in total. The summed E-state index contributed by atoms with van der Waals surface area (Å²) < 4.78 is 2.26. The Labute approximate surface area is 114 Å². The van der Waals surface area contributed by atoms with Gasteiger partial charge in [-0.25, -0.2) is 4.98 Å². The number of benzene rings is 1. The summed E-state index contributed by atoms with van der Waals surface area (Å²) in [6.45, 7) is 8.87. The highest BCUT2D eigenvalue weighted by molar-refractivity contribution is 5.25. The Hall–Kier alpha value is -1.61. The van der Waals surface area contributed by atoms with Crippen molar-refractivity contribution >= 4 is 0 Å². The molecule has 0 amide bonds. The quantitative estimate of drug-likeness (QED) is 0.837. The predicted octanol–water partition coefficient (Wildman–Crippen LogP) is 2.63. The molecule has 1 fully saturated rings. The van der Waals surface area contributed by atoms with Gasteiger partial charge in [0.1, 0.15) is 5.82 Å². The zero-order valence-corrected chi connectivity index (χ0v) is 11.7. The number of hydrogen-bond acceptors (Lipinski definition) is 2. The molecule has 1 aliphatic rings. The van der Waals surface area contributed by atoms with E-state index in [0.717, 1.165) is 24.8 Å². The minimum Gasteiger partial charge on any atom is -0.335 e. The van der Waals surface area contributed by atoms with Gasteiger partial charge >= 0.3 is 0 Å². The van der Waals surface area contributed by atoms with Gasteiger partial charge in [0.25, 0.3) is 0 Å². The average Bonchev–Trinajstić information content (AvgIpc) is 2.75. The first-order chi connectivity index (χ1) is 9.22. The largest absolute Gasteiger partial charge is 0.335 e. The number of hydrogen-bond donors (Lipinski definition) is 0. The SMILES string of the molecule is Cc1ccccc1CN1CC(Cn2ccnc2C)C1. The lowest BCUT2D eigenvalue weighted by atomic mass is 9.98. The molecule has 0 spiro atoms. The topological polar surface area (TPSA) is 21.1 Å². The van der Waals surface area contributed by atoms with Crippen LogP contribution in [0, 0.1) is 19.8 Å². The third-order valence-electron chi connectivity index (χ3n) is 4.07. The van der Waals surface area contributed by atoms with Crippen LogP contribution in [0.1, 0.15) is 17.0 Å². The fourth-order valence-corrected chi connectivity index (χ4v) is 2.82.